The molecular formula is C32H26N6O2. The number of pyridine rings is 1. The lowest BCUT2D eigenvalue weighted by atomic mass is 9.84. The first-order chi connectivity index (χ1) is 19.5. The SMILES string of the molecule is Cn1nccc1C(=O)N[C@H](C(=O)Nc1ccc(-c2ccncc2C#N)cc1)C(c1ccccc1)c1ccccc1. The zero-order chi connectivity index (χ0) is 27.9. The molecule has 2 aromatic heterocycles. The molecule has 3 aromatic carbocycles. The second kappa shape index (κ2) is 11.9. The first-order valence-corrected chi connectivity index (χ1v) is 12.7. The summed E-state index contributed by atoms with van der Waals surface area (Å²) in [6.07, 6.45) is 4.69. The third-order valence-corrected chi connectivity index (χ3v) is 6.68. The van der Waals surface area contributed by atoms with Crippen molar-refractivity contribution >= 4 is 17.5 Å². The molecule has 0 radical (unpaired) electrons. The highest BCUT2D eigenvalue weighted by Crippen LogP contribution is 2.30. The van der Waals surface area contributed by atoms with Crippen LogP contribution >= 0.6 is 0 Å². The van der Waals surface area contributed by atoms with E-state index in [1.54, 1.807) is 37.5 Å². The van der Waals surface area contributed by atoms with Gasteiger partial charge in [-0.1, -0.05) is 72.8 Å². The van der Waals surface area contributed by atoms with E-state index in [4.69, 9.17) is 0 Å². The summed E-state index contributed by atoms with van der Waals surface area (Å²) in [7, 11) is 1.68. The quantitative estimate of drug-likeness (QED) is 0.298. The molecule has 2 heterocycles. The highest BCUT2D eigenvalue weighted by molar-refractivity contribution is 6.01. The van der Waals surface area contributed by atoms with Gasteiger partial charge in [0.05, 0.1) is 5.56 Å². The Labute approximate surface area is 231 Å². The number of aromatic nitrogens is 3. The topological polar surface area (TPSA) is 113 Å². The Morgan fingerprint density at radius 1 is 0.850 bits per heavy atom. The van der Waals surface area contributed by atoms with E-state index in [9.17, 15) is 14.9 Å². The average molecular weight is 527 g/mol. The highest BCUT2D eigenvalue weighted by atomic mass is 16.2. The van der Waals surface area contributed by atoms with E-state index in [2.05, 4.69) is 26.8 Å². The first-order valence-electron chi connectivity index (χ1n) is 12.7. The monoisotopic (exact) mass is 526 g/mol. The molecule has 0 saturated heterocycles. The maximum Gasteiger partial charge on any atom is 0.270 e. The van der Waals surface area contributed by atoms with Crippen molar-refractivity contribution in [1.82, 2.24) is 20.1 Å². The molecule has 8 nitrogen and oxygen atoms in total. The molecule has 8 heteroatoms. The van der Waals surface area contributed by atoms with E-state index in [0.29, 0.717) is 16.9 Å². The molecule has 40 heavy (non-hydrogen) atoms. The molecule has 0 bridgehead atoms. The predicted molar refractivity (Wildman–Crippen MR) is 152 cm³/mol. The molecule has 0 aliphatic rings. The largest absolute Gasteiger partial charge is 0.338 e. The Balaban J connectivity index is 1.49. The number of nitrogens with one attached hydrogen (secondary N) is 2. The molecule has 0 aliphatic heterocycles. The van der Waals surface area contributed by atoms with Gasteiger partial charge < -0.3 is 10.6 Å². The summed E-state index contributed by atoms with van der Waals surface area (Å²) in [6.45, 7) is 0. The lowest BCUT2D eigenvalue weighted by molar-refractivity contribution is -0.118. The van der Waals surface area contributed by atoms with Crippen LogP contribution in [0, 0.1) is 11.3 Å². The lowest BCUT2D eigenvalue weighted by Crippen LogP contribution is -2.48. The molecule has 0 spiro atoms. The molecule has 196 valence electrons. The summed E-state index contributed by atoms with van der Waals surface area (Å²) in [6, 6.07) is 31.1. The van der Waals surface area contributed by atoms with E-state index in [0.717, 1.165) is 22.3 Å². The summed E-state index contributed by atoms with van der Waals surface area (Å²) >= 11 is 0. The van der Waals surface area contributed by atoms with E-state index in [1.165, 1.54) is 17.1 Å². The summed E-state index contributed by atoms with van der Waals surface area (Å²) in [5, 5.41) is 19.5. The molecule has 5 rings (SSSR count). The molecular weight excluding hydrogens is 500 g/mol. The predicted octanol–water partition coefficient (Wildman–Crippen LogP) is 4.92. The molecule has 0 unspecified atom stereocenters. The van der Waals surface area contributed by atoms with Gasteiger partial charge in [0.2, 0.25) is 5.91 Å². The third-order valence-electron chi connectivity index (χ3n) is 6.68. The average Bonchev–Trinajstić information content (AvgIpc) is 3.44. The number of hydrogen-bond donors (Lipinski definition) is 2. The number of aryl methyl sites for hydroxylation is 1. The molecule has 2 amide bonds. The molecule has 0 fully saturated rings. The smallest absolute Gasteiger partial charge is 0.270 e. The van der Waals surface area contributed by atoms with Crippen LogP contribution in [0.3, 0.4) is 0 Å². The minimum atomic E-state index is -0.947. The van der Waals surface area contributed by atoms with Crippen LogP contribution in [-0.2, 0) is 11.8 Å². The van der Waals surface area contributed by atoms with Gasteiger partial charge in [-0.15, -0.1) is 0 Å². The Morgan fingerprint density at radius 3 is 2.08 bits per heavy atom. The van der Waals surface area contributed by atoms with Gasteiger partial charge in [-0.05, 0) is 41.0 Å². The van der Waals surface area contributed by atoms with E-state index in [1.807, 2.05) is 72.8 Å². The van der Waals surface area contributed by atoms with Crippen molar-refractivity contribution in [3.63, 3.8) is 0 Å². The van der Waals surface area contributed by atoms with Gasteiger partial charge in [0, 0.05) is 42.8 Å². The summed E-state index contributed by atoms with van der Waals surface area (Å²) < 4.78 is 1.47. The van der Waals surface area contributed by atoms with E-state index < -0.39 is 17.9 Å². The fourth-order valence-electron chi connectivity index (χ4n) is 4.70. The van der Waals surface area contributed by atoms with Crippen LogP contribution in [0.2, 0.25) is 0 Å². The van der Waals surface area contributed by atoms with Gasteiger partial charge in [0.1, 0.15) is 17.8 Å². The number of carbonyl (C=O) groups is 2. The zero-order valence-corrected chi connectivity index (χ0v) is 21.7. The minimum absolute atomic E-state index is 0.340. The van der Waals surface area contributed by atoms with Crippen LogP contribution in [0.1, 0.15) is 33.1 Å². The maximum absolute atomic E-state index is 13.9. The normalized spacial score (nSPS) is 11.4. The van der Waals surface area contributed by atoms with Gasteiger partial charge in [0.25, 0.3) is 5.91 Å². The Kier molecular flexibility index (Phi) is 7.74. The third kappa shape index (κ3) is 5.64. The highest BCUT2D eigenvalue weighted by Gasteiger charge is 2.33. The fraction of sp³-hybridized carbons (Fsp3) is 0.0938. The van der Waals surface area contributed by atoms with E-state index >= 15 is 0 Å². The number of benzene rings is 3. The number of hydrogen-bond acceptors (Lipinski definition) is 5. The standard InChI is InChI=1S/C32H26N6O2/c1-38-28(17-19-35-38)31(39)37-30(29(23-8-4-2-5-9-23)24-10-6-3-7-11-24)32(40)36-26-14-12-22(13-15-26)27-16-18-34-21-25(27)20-33/h2-19,21,29-30H,1H3,(H,36,40)(H,37,39)/t30-/m0/s1. The minimum Gasteiger partial charge on any atom is -0.338 e. The fourth-order valence-corrected chi connectivity index (χ4v) is 4.70. The van der Waals surface area contributed by atoms with Crippen LogP contribution in [0.5, 0.6) is 0 Å². The second-order valence-corrected chi connectivity index (χ2v) is 9.19. The van der Waals surface area contributed by atoms with Gasteiger partial charge in [-0.25, -0.2) is 0 Å². The number of nitrogens with zero attached hydrogens (tertiary/aromatic N) is 4. The van der Waals surface area contributed by atoms with Crippen LogP contribution in [0.4, 0.5) is 5.69 Å². The van der Waals surface area contributed by atoms with Crippen molar-refractivity contribution in [1.29, 1.82) is 5.26 Å². The van der Waals surface area contributed by atoms with Gasteiger partial charge in [0.15, 0.2) is 0 Å². The number of anilines is 1. The molecule has 2 N–H and O–H groups in total. The summed E-state index contributed by atoms with van der Waals surface area (Å²) in [4.78, 5) is 31.3. The van der Waals surface area contributed by atoms with Crippen LogP contribution in [0.15, 0.2) is 116 Å². The number of amides is 2. The number of carbonyl (C=O) groups excluding carboxylic acids is 2. The molecule has 0 saturated carbocycles. The summed E-state index contributed by atoms with van der Waals surface area (Å²) in [5.74, 6) is -1.24. The van der Waals surface area contributed by atoms with Crippen LogP contribution in [-0.4, -0.2) is 32.6 Å². The lowest BCUT2D eigenvalue weighted by Gasteiger charge is -2.28. The van der Waals surface area contributed by atoms with Gasteiger partial charge >= 0.3 is 0 Å². The van der Waals surface area contributed by atoms with Gasteiger partial charge in [-0.3, -0.25) is 19.3 Å². The molecule has 1 atom stereocenters. The van der Waals surface area contributed by atoms with Gasteiger partial charge in [-0.2, -0.15) is 10.4 Å². The zero-order valence-electron chi connectivity index (χ0n) is 21.7. The van der Waals surface area contributed by atoms with Crippen molar-refractivity contribution in [3.05, 3.63) is 138 Å². The van der Waals surface area contributed by atoms with Crippen molar-refractivity contribution < 1.29 is 9.59 Å². The number of rotatable bonds is 8. The van der Waals surface area contributed by atoms with Crippen LogP contribution < -0.4 is 10.6 Å². The molecule has 5 aromatic rings. The molecule has 0 aliphatic carbocycles. The maximum atomic E-state index is 13.9. The van der Waals surface area contributed by atoms with Crippen molar-refractivity contribution in [2.24, 2.45) is 7.05 Å². The Bertz CT molecular complexity index is 1620. The van der Waals surface area contributed by atoms with E-state index in [-0.39, 0.29) is 5.91 Å². The Hall–Kier alpha value is -5.55. The first kappa shape index (κ1) is 26.1. The Morgan fingerprint density at radius 2 is 1.50 bits per heavy atom. The second-order valence-electron chi connectivity index (χ2n) is 9.19. The van der Waals surface area contributed by atoms with Crippen molar-refractivity contribution in [2.45, 2.75) is 12.0 Å². The van der Waals surface area contributed by atoms with Crippen molar-refractivity contribution in [2.75, 3.05) is 5.32 Å². The van der Waals surface area contributed by atoms with Crippen molar-refractivity contribution in [3.8, 4) is 17.2 Å². The number of nitriles is 1. The summed E-state index contributed by atoms with van der Waals surface area (Å²) in [5.41, 5.74) is 4.71. The van der Waals surface area contributed by atoms with Crippen LogP contribution in [0.25, 0.3) is 11.1 Å².